The normalized spacial score (nSPS) is 15.2. The van der Waals surface area contributed by atoms with Crippen LogP contribution >= 0.6 is 15.9 Å². The Morgan fingerprint density at radius 2 is 2.00 bits per heavy atom. The second-order valence-electron chi connectivity index (χ2n) is 6.05. The molecule has 21 heavy (non-hydrogen) atoms. The van der Waals surface area contributed by atoms with Crippen molar-refractivity contribution in [1.82, 2.24) is 9.88 Å². The van der Waals surface area contributed by atoms with E-state index in [2.05, 4.69) is 20.9 Å². The van der Waals surface area contributed by atoms with Crippen LogP contribution in [-0.4, -0.2) is 41.8 Å². The predicted molar refractivity (Wildman–Crippen MR) is 83.7 cm³/mol. The SMILES string of the molecule is COc1nc2c(cc1Br)CCN(C(=O)OC(C)(C)C)CC2. The molecule has 0 aliphatic carbocycles. The van der Waals surface area contributed by atoms with Crippen molar-refractivity contribution in [2.75, 3.05) is 20.2 Å². The first-order valence-corrected chi connectivity index (χ1v) is 7.79. The summed E-state index contributed by atoms with van der Waals surface area (Å²) in [6.45, 7) is 6.88. The molecular formula is C15H21BrN2O3. The summed E-state index contributed by atoms with van der Waals surface area (Å²) < 4.78 is 11.5. The minimum Gasteiger partial charge on any atom is -0.480 e. The Morgan fingerprint density at radius 3 is 2.62 bits per heavy atom. The van der Waals surface area contributed by atoms with E-state index in [0.29, 0.717) is 25.4 Å². The molecule has 0 saturated heterocycles. The van der Waals surface area contributed by atoms with Crippen molar-refractivity contribution >= 4 is 22.0 Å². The van der Waals surface area contributed by atoms with E-state index in [0.717, 1.165) is 22.2 Å². The first-order valence-electron chi connectivity index (χ1n) is 7.00. The fourth-order valence-electron chi connectivity index (χ4n) is 2.24. The van der Waals surface area contributed by atoms with Crippen molar-refractivity contribution in [3.63, 3.8) is 0 Å². The lowest BCUT2D eigenvalue weighted by atomic mass is 10.1. The fraction of sp³-hybridized carbons (Fsp3) is 0.600. The maximum Gasteiger partial charge on any atom is 0.410 e. The van der Waals surface area contributed by atoms with Gasteiger partial charge in [-0.25, -0.2) is 9.78 Å². The second-order valence-corrected chi connectivity index (χ2v) is 6.91. The first-order chi connectivity index (χ1) is 9.80. The third kappa shape index (κ3) is 4.09. The molecular weight excluding hydrogens is 336 g/mol. The number of fused-ring (bicyclic) bond motifs is 1. The Bertz CT molecular complexity index is 540. The highest BCUT2D eigenvalue weighted by Gasteiger charge is 2.25. The van der Waals surface area contributed by atoms with Crippen molar-refractivity contribution in [1.29, 1.82) is 0 Å². The van der Waals surface area contributed by atoms with Crippen molar-refractivity contribution < 1.29 is 14.3 Å². The predicted octanol–water partition coefficient (Wildman–Crippen LogP) is 3.19. The van der Waals surface area contributed by atoms with E-state index in [-0.39, 0.29) is 6.09 Å². The number of nitrogens with zero attached hydrogens (tertiary/aromatic N) is 2. The zero-order chi connectivity index (χ0) is 15.6. The van der Waals surface area contributed by atoms with Crippen LogP contribution in [0, 0.1) is 0 Å². The highest BCUT2D eigenvalue weighted by Crippen LogP contribution is 2.27. The number of hydrogen-bond acceptors (Lipinski definition) is 4. The molecule has 0 saturated carbocycles. The number of ether oxygens (including phenoxy) is 2. The Balaban J connectivity index is 2.12. The van der Waals surface area contributed by atoms with Crippen LogP contribution in [0.5, 0.6) is 5.88 Å². The zero-order valence-corrected chi connectivity index (χ0v) is 14.5. The summed E-state index contributed by atoms with van der Waals surface area (Å²) in [5.74, 6) is 0.583. The van der Waals surface area contributed by atoms with Crippen molar-refractivity contribution in [3.05, 3.63) is 21.8 Å². The largest absolute Gasteiger partial charge is 0.480 e. The van der Waals surface area contributed by atoms with Gasteiger partial charge in [0.1, 0.15) is 5.60 Å². The molecule has 2 rings (SSSR count). The van der Waals surface area contributed by atoms with Gasteiger partial charge in [0.2, 0.25) is 5.88 Å². The number of hydrogen-bond donors (Lipinski definition) is 0. The molecule has 0 fully saturated rings. The number of pyridine rings is 1. The number of methoxy groups -OCH3 is 1. The molecule has 1 aromatic heterocycles. The smallest absolute Gasteiger partial charge is 0.410 e. The molecule has 5 nitrogen and oxygen atoms in total. The van der Waals surface area contributed by atoms with Crippen LogP contribution in [0.4, 0.5) is 4.79 Å². The number of aromatic nitrogens is 1. The maximum absolute atomic E-state index is 12.2. The molecule has 0 unspecified atom stereocenters. The molecule has 1 aromatic rings. The van der Waals surface area contributed by atoms with Crippen LogP contribution in [0.1, 0.15) is 32.0 Å². The van der Waals surface area contributed by atoms with Gasteiger partial charge in [0.05, 0.1) is 11.6 Å². The molecule has 0 radical (unpaired) electrons. The number of carbonyl (C=O) groups excluding carboxylic acids is 1. The molecule has 116 valence electrons. The summed E-state index contributed by atoms with van der Waals surface area (Å²) in [7, 11) is 1.60. The Labute approximate surface area is 133 Å². The van der Waals surface area contributed by atoms with Crippen LogP contribution < -0.4 is 4.74 Å². The molecule has 1 aliphatic heterocycles. The molecule has 0 spiro atoms. The van der Waals surface area contributed by atoms with Gasteiger partial charge in [-0.3, -0.25) is 0 Å². The average Bonchev–Trinajstić information content (AvgIpc) is 2.57. The molecule has 1 amide bonds. The van der Waals surface area contributed by atoms with Gasteiger partial charge in [-0.2, -0.15) is 0 Å². The van der Waals surface area contributed by atoms with E-state index < -0.39 is 5.60 Å². The van der Waals surface area contributed by atoms with Crippen molar-refractivity contribution in [2.24, 2.45) is 0 Å². The van der Waals surface area contributed by atoms with Crippen LogP contribution in [0.15, 0.2) is 10.5 Å². The standard InChI is InChI=1S/C15H21BrN2O3/c1-15(2,3)21-14(19)18-7-5-10-9-11(16)13(20-4)17-12(10)6-8-18/h9H,5-8H2,1-4H3. The zero-order valence-electron chi connectivity index (χ0n) is 12.9. The summed E-state index contributed by atoms with van der Waals surface area (Å²) >= 11 is 3.45. The second kappa shape index (κ2) is 6.22. The van der Waals surface area contributed by atoms with Crippen molar-refractivity contribution in [3.8, 4) is 5.88 Å². The van der Waals surface area contributed by atoms with E-state index in [1.54, 1.807) is 12.0 Å². The lowest BCUT2D eigenvalue weighted by Crippen LogP contribution is -2.38. The van der Waals surface area contributed by atoms with E-state index >= 15 is 0 Å². The number of rotatable bonds is 1. The van der Waals surface area contributed by atoms with Crippen LogP contribution in [-0.2, 0) is 17.6 Å². The van der Waals surface area contributed by atoms with Crippen LogP contribution in [0.3, 0.4) is 0 Å². The monoisotopic (exact) mass is 356 g/mol. The van der Waals surface area contributed by atoms with E-state index in [4.69, 9.17) is 9.47 Å². The minimum absolute atomic E-state index is 0.263. The van der Waals surface area contributed by atoms with Gasteiger partial charge in [-0.05, 0) is 54.8 Å². The summed E-state index contributed by atoms with van der Waals surface area (Å²) in [5, 5.41) is 0. The Hall–Kier alpha value is -1.30. The minimum atomic E-state index is -0.471. The van der Waals surface area contributed by atoms with Gasteiger partial charge in [-0.1, -0.05) is 0 Å². The highest BCUT2D eigenvalue weighted by molar-refractivity contribution is 9.10. The van der Waals surface area contributed by atoms with Gasteiger partial charge in [0, 0.05) is 25.2 Å². The fourth-order valence-corrected chi connectivity index (χ4v) is 2.77. The van der Waals surface area contributed by atoms with Gasteiger partial charge in [0.15, 0.2) is 0 Å². The maximum atomic E-state index is 12.2. The molecule has 0 aromatic carbocycles. The lowest BCUT2D eigenvalue weighted by Gasteiger charge is -2.26. The lowest BCUT2D eigenvalue weighted by molar-refractivity contribution is 0.0258. The van der Waals surface area contributed by atoms with E-state index in [1.807, 2.05) is 26.8 Å². The third-order valence-electron chi connectivity index (χ3n) is 3.23. The molecule has 0 bridgehead atoms. The Kier molecular flexibility index (Phi) is 4.76. The molecule has 2 heterocycles. The summed E-state index contributed by atoms with van der Waals surface area (Å²) in [5.41, 5.74) is 1.66. The quantitative estimate of drug-likeness (QED) is 0.775. The molecule has 0 atom stereocenters. The molecule has 6 heteroatoms. The average molecular weight is 357 g/mol. The van der Waals surface area contributed by atoms with Gasteiger partial charge >= 0.3 is 6.09 Å². The van der Waals surface area contributed by atoms with Gasteiger partial charge in [-0.15, -0.1) is 0 Å². The first kappa shape index (κ1) is 16.1. The third-order valence-corrected chi connectivity index (χ3v) is 3.80. The van der Waals surface area contributed by atoms with Gasteiger partial charge in [0.25, 0.3) is 0 Å². The van der Waals surface area contributed by atoms with Crippen LogP contribution in [0.25, 0.3) is 0 Å². The van der Waals surface area contributed by atoms with E-state index in [9.17, 15) is 4.79 Å². The number of carbonyl (C=O) groups is 1. The topological polar surface area (TPSA) is 51.7 Å². The summed E-state index contributed by atoms with van der Waals surface area (Å²) in [6.07, 6.45) is 1.21. The van der Waals surface area contributed by atoms with Crippen LogP contribution in [0.2, 0.25) is 0 Å². The number of amides is 1. The highest BCUT2D eigenvalue weighted by atomic mass is 79.9. The van der Waals surface area contributed by atoms with Gasteiger partial charge < -0.3 is 14.4 Å². The van der Waals surface area contributed by atoms with Crippen molar-refractivity contribution in [2.45, 2.75) is 39.2 Å². The molecule has 0 N–H and O–H groups in total. The Morgan fingerprint density at radius 1 is 1.33 bits per heavy atom. The molecule has 1 aliphatic rings. The number of halogens is 1. The summed E-state index contributed by atoms with van der Waals surface area (Å²) in [4.78, 5) is 18.4. The summed E-state index contributed by atoms with van der Waals surface area (Å²) in [6, 6.07) is 2.03. The van der Waals surface area contributed by atoms with E-state index in [1.165, 1.54) is 0 Å².